The van der Waals surface area contributed by atoms with Crippen molar-refractivity contribution < 1.29 is 9.53 Å². The number of hydrogen-bond acceptors (Lipinski definition) is 4. The molecule has 0 fully saturated rings. The number of carbonyl (C=O) groups is 1. The zero-order chi connectivity index (χ0) is 13.8. The van der Waals surface area contributed by atoms with Crippen LogP contribution in [0.2, 0.25) is 5.15 Å². The first-order valence-electron chi connectivity index (χ1n) is 5.22. The summed E-state index contributed by atoms with van der Waals surface area (Å²) in [6, 6.07) is 5.28. The summed E-state index contributed by atoms with van der Waals surface area (Å²) in [6.45, 7) is 0. The molecule has 0 bridgehead atoms. The molecule has 1 N–H and O–H groups in total. The van der Waals surface area contributed by atoms with E-state index in [-0.39, 0.29) is 10.8 Å². The lowest BCUT2D eigenvalue weighted by Gasteiger charge is -2.10. The second kappa shape index (κ2) is 5.99. The lowest BCUT2D eigenvalue weighted by atomic mass is 10.3. The van der Waals surface area contributed by atoms with Crippen molar-refractivity contribution in [1.29, 1.82) is 0 Å². The average Bonchev–Trinajstić information content (AvgIpc) is 2.39. The molecule has 1 amide bonds. The van der Waals surface area contributed by atoms with E-state index in [1.54, 1.807) is 12.1 Å². The SMILES string of the molecule is COc1ccc(Br)cc1NC(=O)c1cncc(Cl)n1. The number of nitrogens with one attached hydrogen (secondary N) is 1. The number of halogens is 2. The van der Waals surface area contributed by atoms with E-state index < -0.39 is 5.91 Å². The van der Waals surface area contributed by atoms with Gasteiger partial charge in [0.2, 0.25) is 0 Å². The number of ether oxygens (including phenoxy) is 1. The molecule has 0 atom stereocenters. The van der Waals surface area contributed by atoms with E-state index >= 15 is 0 Å². The maximum Gasteiger partial charge on any atom is 0.276 e. The molecular formula is C12H9BrClN3O2. The molecule has 19 heavy (non-hydrogen) atoms. The van der Waals surface area contributed by atoms with Crippen LogP contribution in [0.15, 0.2) is 35.1 Å². The first kappa shape index (κ1) is 13.8. The number of amides is 1. The Labute approximate surface area is 123 Å². The van der Waals surface area contributed by atoms with E-state index in [9.17, 15) is 4.79 Å². The summed E-state index contributed by atoms with van der Waals surface area (Å²) in [5.41, 5.74) is 0.665. The van der Waals surface area contributed by atoms with Crippen molar-refractivity contribution in [2.75, 3.05) is 12.4 Å². The zero-order valence-electron chi connectivity index (χ0n) is 9.85. The molecule has 0 unspecified atom stereocenters. The number of anilines is 1. The Balaban J connectivity index is 2.26. The first-order chi connectivity index (χ1) is 9.10. The maximum absolute atomic E-state index is 12.0. The van der Waals surface area contributed by atoms with Crippen LogP contribution in [0.4, 0.5) is 5.69 Å². The highest BCUT2D eigenvalue weighted by Crippen LogP contribution is 2.28. The van der Waals surface area contributed by atoms with Crippen LogP contribution in [0.5, 0.6) is 5.75 Å². The van der Waals surface area contributed by atoms with E-state index in [4.69, 9.17) is 16.3 Å². The number of aromatic nitrogens is 2. The molecule has 98 valence electrons. The molecule has 1 heterocycles. The van der Waals surface area contributed by atoms with Gasteiger partial charge in [0.1, 0.15) is 16.6 Å². The molecular weight excluding hydrogens is 334 g/mol. The molecule has 0 radical (unpaired) electrons. The molecule has 0 saturated heterocycles. The third-order valence-electron chi connectivity index (χ3n) is 2.25. The van der Waals surface area contributed by atoms with Crippen LogP contribution in [0.25, 0.3) is 0 Å². The second-order valence-electron chi connectivity index (χ2n) is 3.53. The van der Waals surface area contributed by atoms with Gasteiger partial charge in [-0.05, 0) is 18.2 Å². The lowest BCUT2D eigenvalue weighted by Crippen LogP contribution is -2.14. The molecule has 2 aromatic rings. The largest absolute Gasteiger partial charge is 0.495 e. The fourth-order valence-corrected chi connectivity index (χ4v) is 1.92. The minimum absolute atomic E-state index is 0.134. The van der Waals surface area contributed by atoms with Gasteiger partial charge < -0.3 is 10.1 Å². The van der Waals surface area contributed by atoms with Crippen LogP contribution in [0.3, 0.4) is 0 Å². The van der Waals surface area contributed by atoms with Crippen LogP contribution >= 0.6 is 27.5 Å². The lowest BCUT2D eigenvalue weighted by molar-refractivity contribution is 0.102. The highest BCUT2D eigenvalue weighted by Gasteiger charge is 2.12. The van der Waals surface area contributed by atoms with Gasteiger partial charge in [0, 0.05) is 4.47 Å². The van der Waals surface area contributed by atoms with E-state index in [0.29, 0.717) is 11.4 Å². The molecule has 0 spiro atoms. The van der Waals surface area contributed by atoms with Gasteiger partial charge in [-0.3, -0.25) is 9.78 Å². The number of carbonyl (C=O) groups excluding carboxylic acids is 1. The summed E-state index contributed by atoms with van der Waals surface area (Å²) in [6.07, 6.45) is 2.70. The second-order valence-corrected chi connectivity index (χ2v) is 4.83. The topological polar surface area (TPSA) is 64.1 Å². The molecule has 0 aliphatic rings. The monoisotopic (exact) mass is 341 g/mol. The van der Waals surface area contributed by atoms with E-state index in [0.717, 1.165) is 4.47 Å². The van der Waals surface area contributed by atoms with Crippen LogP contribution in [-0.2, 0) is 0 Å². The fraction of sp³-hybridized carbons (Fsp3) is 0.0833. The summed E-state index contributed by atoms with van der Waals surface area (Å²) in [4.78, 5) is 19.7. The first-order valence-corrected chi connectivity index (χ1v) is 6.39. The highest BCUT2D eigenvalue weighted by atomic mass is 79.9. The number of hydrogen-bond donors (Lipinski definition) is 1. The number of rotatable bonds is 3. The third kappa shape index (κ3) is 3.42. The van der Waals surface area contributed by atoms with Crippen molar-refractivity contribution in [3.05, 3.63) is 45.9 Å². The molecule has 7 heteroatoms. The Hall–Kier alpha value is -1.66. The molecule has 2 rings (SSSR count). The van der Waals surface area contributed by atoms with Crippen molar-refractivity contribution in [3.8, 4) is 5.75 Å². The highest BCUT2D eigenvalue weighted by molar-refractivity contribution is 9.10. The number of methoxy groups -OCH3 is 1. The molecule has 0 saturated carbocycles. The Morgan fingerprint density at radius 2 is 2.21 bits per heavy atom. The van der Waals surface area contributed by atoms with Gasteiger partial charge in [-0.1, -0.05) is 27.5 Å². The number of benzene rings is 1. The predicted octanol–water partition coefficient (Wildman–Crippen LogP) is 3.15. The Morgan fingerprint density at radius 1 is 1.42 bits per heavy atom. The fourth-order valence-electron chi connectivity index (χ4n) is 1.42. The smallest absolute Gasteiger partial charge is 0.276 e. The molecule has 0 aliphatic heterocycles. The van der Waals surface area contributed by atoms with Crippen LogP contribution in [0.1, 0.15) is 10.5 Å². The predicted molar refractivity (Wildman–Crippen MR) is 75.7 cm³/mol. The van der Waals surface area contributed by atoms with Gasteiger partial charge >= 0.3 is 0 Å². The van der Waals surface area contributed by atoms with Gasteiger partial charge in [-0.25, -0.2) is 4.98 Å². The van der Waals surface area contributed by atoms with Crippen LogP contribution in [-0.4, -0.2) is 23.0 Å². The molecule has 1 aromatic heterocycles. The Bertz CT molecular complexity index is 622. The Kier molecular flexibility index (Phi) is 4.34. The quantitative estimate of drug-likeness (QED) is 0.930. The molecule has 1 aromatic carbocycles. The van der Waals surface area contributed by atoms with E-state index in [2.05, 4.69) is 31.2 Å². The summed E-state index contributed by atoms with van der Waals surface area (Å²) in [5, 5.41) is 2.85. The van der Waals surface area contributed by atoms with E-state index in [1.807, 2.05) is 6.07 Å². The van der Waals surface area contributed by atoms with Gasteiger partial charge in [-0.15, -0.1) is 0 Å². The molecule has 0 aliphatic carbocycles. The van der Waals surface area contributed by atoms with Crippen molar-refractivity contribution >= 4 is 39.1 Å². The summed E-state index contributed by atoms with van der Waals surface area (Å²) < 4.78 is 5.98. The van der Waals surface area contributed by atoms with Gasteiger partial charge in [-0.2, -0.15) is 0 Å². The maximum atomic E-state index is 12.0. The van der Waals surface area contributed by atoms with Gasteiger partial charge in [0.05, 0.1) is 25.2 Å². The Morgan fingerprint density at radius 3 is 2.89 bits per heavy atom. The number of nitrogens with zero attached hydrogens (tertiary/aromatic N) is 2. The average molecular weight is 343 g/mol. The minimum Gasteiger partial charge on any atom is -0.495 e. The van der Waals surface area contributed by atoms with Gasteiger partial charge in [0.25, 0.3) is 5.91 Å². The standard InChI is InChI=1S/C12H9BrClN3O2/c1-19-10-3-2-7(13)4-8(10)17-12(18)9-5-15-6-11(14)16-9/h2-6H,1H3,(H,17,18). The molecule has 5 nitrogen and oxygen atoms in total. The minimum atomic E-state index is -0.411. The van der Waals surface area contributed by atoms with Crippen molar-refractivity contribution in [1.82, 2.24) is 9.97 Å². The van der Waals surface area contributed by atoms with Crippen molar-refractivity contribution in [2.45, 2.75) is 0 Å². The normalized spacial score (nSPS) is 10.1. The summed E-state index contributed by atoms with van der Waals surface area (Å²) in [5.74, 6) is 0.137. The van der Waals surface area contributed by atoms with Crippen LogP contribution < -0.4 is 10.1 Å². The van der Waals surface area contributed by atoms with E-state index in [1.165, 1.54) is 19.5 Å². The van der Waals surface area contributed by atoms with Gasteiger partial charge in [0.15, 0.2) is 0 Å². The third-order valence-corrected chi connectivity index (χ3v) is 2.92. The summed E-state index contributed by atoms with van der Waals surface area (Å²) in [7, 11) is 1.53. The zero-order valence-corrected chi connectivity index (χ0v) is 12.2. The van der Waals surface area contributed by atoms with Crippen LogP contribution in [0, 0.1) is 0 Å². The van der Waals surface area contributed by atoms with Crippen molar-refractivity contribution in [3.63, 3.8) is 0 Å². The summed E-state index contributed by atoms with van der Waals surface area (Å²) >= 11 is 9.02. The van der Waals surface area contributed by atoms with Crippen molar-refractivity contribution in [2.24, 2.45) is 0 Å².